The molecule has 0 fully saturated rings. The van der Waals surface area contributed by atoms with E-state index in [2.05, 4.69) is 29.5 Å². The molecule has 1 heterocycles. The summed E-state index contributed by atoms with van der Waals surface area (Å²) in [6.45, 7) is 8.14. The second kappa shape index (κ2) is 7.76. The number of anilines is 1. The Morgan fingerprint density at radius 1 is 1.04 bits per heavy atom. The van der Waals surface area contributed by atoms with E-state index < -0.39 is 11.8 Å². The average molecular weight is 379 g/mol. The third-order valence-electron chi connectivity index (χ3n) is 4.68. The van der Waals surface area contributed by atoms with Crippen LogP contribution >= 0.6 is 0 Å². The number of aromatic nitrogens is 1. The number of fused-ring (bicyclic) bond motifs is 1. The summed E-state index contributed by atoms with van der Waals surface area (Å²) in [4.78, 5) is 26.5. The van der Waals surface area contributed by atoms with Gasteiger partial charge in [0.25, 0.3) is 0 Å². The molecule has 3 N–H and O–H groups in total. The van der Waals surface area contributed by atoms with Crippen LogP contribution in [0.4, 0.5) is 5.69 Å². The summed E-state index contributed by atoms with van der Waals surface area (Å²) in [5.74, 6) is 0.516. The first-order chi connectivity index (χ1) is 13.3. The van der Waals surface area contributed by atoms with Gasteiger partial charge in [-0.15, -0.1) is 0 Å². The molecule has 28 heavy (non-hydrogen) atoms. The lowest BCUT2D eigenvalue weighted by molar-refractivity contribution is -0.135. The van der Waals surface area contributed by atoms with Crippen LogP contribution in [-0.2, 0) is 9.59 Å². The fraction of sp³-hybridized carbons (Fsp3) is 0.273. The molecule has 0 aliphatic heterocycles. The van der Waals surface area contributed by atoms with Crippen molar-refractivity contribution in [2.24, 2.45) is 0 Å². The molecule has 0 saturated carbocycles. The lowest BCUT2D eigenvalue weighted by Gasteiger charge is -2.15. The maximum atomic E-state index is 11.8. The molecule has 3 rings (SSSR count). The predicted octanol–water partition coefficient (Wildman–Crippen LogP) is 4.38. The fourth-order valence-electron chi connectivity index (χ4n) is 3.27. The topological polar surface area (TPSA) is 83.2 Å². The Labute approximate surface area is 164 Å². The number of aryl methyl sites for hydroxylation is 2. The number of benzene rings is 2. The van der Waals surface area contributed by atoms with Crippen LogP contribution in [0.15, 0.2) is 36.5 Å². The van der Waals surface area contributed by atoms with Crippen molar-refractivity contribution in [2.75, 3.05) is 12.4 Å². The van der Waals surface area contributed by atoms with Gasteiger partial charge in [0.1, 0.15) is 11.5 Å². The van der Waals surface area contributed by atoms with Gasteiger partial charge in [0.2, 0.25) is 0 Å². The Hall–Kier alpha value is -3.28. The predicted molar refractivity (Wildman–Crippen MR) is 111 cm³/mol. The Bertz CT molecular complexity index is 1030. The van der Waals surface area contributed by atoms with Crippen molar-refractivity contribution < 1.29 is 14.3 Å². The van der Waals surface area contributed by atoms with Crippen LogP contribution < -0.4 is 15.4 Å². The summed E-state index contributed by atoms with van der Waals surface area (Å²) in [5, 5.41) is 6.05. The molecule has 2 aromatic carbocycles. The van der Waals surface area contributed by atoms with Crippen molar-refractivity contribution in [1.82, 2.24) is 10.3 Å². The maximum Gasteiger partial charge on any atom is 0.313 e. The molecule has 6 nitrogen and oxygen atoms in total. The summed E-state index contributed by atoms with van der Waals surface area (Å²) in [7, 11) is 1.42. The minimum Gasteiger partial charge on any atom is -0.457 e. The first-order valence-corrected chi connectivity index (χ1v) is 9.23. The Kier molecular flexibility index (Phi) is 5.40. The lowest BCUT2D eigenvalue weighted by atomic mass is 10.0. The van der Waals surface area contributed by atoms with Crippen molar-refractivity contribution in [2.45, 2.75) is 33.6 Å². The van der Waals surface area contributed by atoms with E-state index in [1.54, 1.807) is 12.1 Å². The molecular weight excluding hydrogens is 354 g/mol. The zero-order valence-electron chi connectivity index (χ0n) is 16.8. The summed E-state index contributed by atoms with van der Waals surface area (Å²) in [5.41, 5.74) is 4.62. The SMILES string of the molecule is CNC(=O)C(=O)Nc1cc(C)c(Oc2ccc3[nH]cc(C(C)C)c3c2)c(C)c1. The third kappa shape index (κ3) is 3.86. The van der Waals surface area contributed by atoms with Gasteiger partial charge in [0, 0.05) is 29.8 Å². The Morgan fingerprint density at radius 3 is 2.32 bits per heavy atom. The molecule has 0 bridgehead atoms. The van der Waals surface area contributed by atoms with Gasteiger partial charge in [-0.3, -0.25) is 9.59 Å². The van der Waals surface area contributed by atoms with Gasteiger partial charge in [-0.25, -0.2) is 0 Å². The Morgan fingerprint density at radius 2 is 1.71 bits per heavy atom. The molecule has 0 saturated heterocycles. The summed E-state index contributed by atoms with van der Waals surface area (Å²) >= 11 is 0. The average Bonchev–Trinajstić information content (AvgIpc) is 3.07. The van der Waals surface area contributed by atoms with E-state index in [-0.39, 0.29) is 0 Å². The molecule has 0 atom stereocenters. The molecule has 0 spiro atoms. The van der Waals surface area contributed by atoms with Gasteiger partial charge < -0.3 is 20.4 Å². The molecule has 6 heteroatoms. The second-order valence-electron chi connectivity index (χ2n) is 7.18. The van der Waals surface area contributed by atoms with Crippen LogP contribution in [0.3, 0.4) is 0 Å². The van der Waals surface area contributed by atoms with Crippen molar-refractivity contribution in [1.29, 1.82) is 0 Å². The highest BCUT2D eigenvalue weighted by Gasteiger charge is 2.15. The quantitative estimate of drug-likeness (QED) is 0.588. The fourth-order valence-corrected chi connectivity index (χ4v) is 3.27. The molecule has 0 aliphatic carbocycles. The number of H-pyrrole nitrogens is 1. The standard InChI is InChI=1S/C22H25N3O3/c1-12(2)18-11-24-19-7-6-16(10-17(18)19)28-20-13(3)8-15(9-14(20)4)25-22(27)21(26)23-5/h6-12,24H,1-5H3,(H,23,26)(H,25,27). The minimum atomic E-state index is -0.700. The first-order valence-electron chi connectivity index (χ1n) is 9.23. The molecule has 1 aromatic heterocycles. The Balaban J connectivity index is 1.88. The zero-order chi connectivity index (χ0) is 20.4. The maximum absolute atomic E-state index is 11.8. The highest BCUT2D eigenvalue weighted by molar-refractivity contribution is 6.39. The summed E-state index contributed by atoms with van der Waals surface area (Å²) < 4.78 is 6.17. The first kappa shape index (κ1) is 19.5. The number of carbonyl (C=O) groups is 2. The van der Waals surface area contributed by atoms with Crippen molar-refractivity contribution in [3.8, 4) is 11.5 Å². The van der Waals surface area contributed by atoms with E-state index in [0.29, 0.717) is 11.6 Å². The van der Waals surface area contributed by atoms with Crippen LogP contribution in [0.5, 0.6) is 11.5 Å². The summed E-state index contributed by atoms with van der Waals surface area (Å²) in [6.07, 6.45) is 2.04. The normalized spacial score (nSPS) is 10.9. The van der Waals surface area contributed by atoms with Gasteiger partial charge in [-0.05, 0) is 66.8 Å². The van der Waals surface area contributed by atoms with E-state index in [0.717, 1.165) is 33.5 Å². The minimum absolute atomic E-state index is 0.413. The van der Waals surface area contributed by atoms with Crippen molar-refractivity contribution in [3.63, 3.8) is 0 Å². The number of rotatable bonds is 4. The highest BCUT2D eigenvalue weighted by Crippen LogP contribution is 2.34. The number of likely N-dealkylation sites (N-methyl/N-ethyl adjacent to an activating group) is 1. The van der Waals surface area contributed by atoms with E-state index in [9.17, 15) is 9.59 Å². The second-order valence-corrected chi connectivity index (χ2v) is 7.18. The molecular formula is C22H25N3O3. The van der Waals surface area contributed by atoms with Crippen molar-refractivity contribution >= 4 is 28.4 Å². The van der Waals surface area contributed by atoms with E-state index >= 15 is 0 Å². The number of carbonyl (C=O) groups excluding carboxylic acids is 2. The van der Waals surface area contributed by atoms with Gasteiger partial charge in [0.15, 0.2) is 0 Å². The van der Waals surface area contributed by atoms with Gasteiger partial charge in [-0.2, -0.15) is 0 Å². The molecule has 0 aliphatic rings. The molecule has 146 valence electrons. The number of nitrogens with one attached hydrogen (secondary N) is 3. The van der Waals surface area contributed by atoms with Crippen LogP contribution in [0, 0.1) is 13.8 Å². The molecule has 0 radical (unpaired) electrons. The summed E-state index contributed by atoms with van der Waals surface area (Å²) in [6, 6.07) is 9.57. The van der Waals surface area contributed by atoms with Crippen LogP contribution in [0.25, 0.3) is 10.9 Å². The monoisotopic (exact) mass is 379 g/mol. The highest BCUT2D eigenvalue weighted by atomic mass is 16.5. The third-order valence-corrected chi connectivity index (χ3v) is 4.68. The van der Waals surface area contributed by atoms with Crippen LogP contribution in [0.2, 0.25) is 0 Å². The van der Waals surface area contributed by atoms with Gasteiger partial charge in [0.05, 0.1) is 0 Å². The van der Waals surface area contributed by atoms with Crippen molar-refractivity contribution in [3.05, 3.63) is 53.2 Å². The number of amides is 2. The van der Waals surface area contributed by atoms with Crippen LogP contribution in [0.1, 0.15) is 36.5 Å². The smallest absolute Gasteiger partial charge is 0.313 e. The van der Waals surface area contributed by atoms with Gasteiger partial charge >= 0.3 is 11.8 Å². The van der Waals surface area contributed by atoms with E-state index in [1.807, 2.05) is 38.2 Å². The lowest BCUT2D eigenvalue weighted by Crippen LogP contribution is -2.32. The van der Waals surface area contributed by atoms with Gasteiger partial charge in [-0.1, -0.05) is 13.8 Å². The van der Waals surface area contributed by atoms with E-state index in [4.69, 9.17) is 4.74 Å². The number of aromatic amines is 1. The number of ether oxygens (including phenoxy) is 1. The van der Waals surface area contributed by atoms with Crippen LogP contribution in [-0.4, -0.2) is 23.8 Å². The number of hydrogen-bond donors (Lipinski definition) is 3. The largest absolute Gasteiger partial charge is 0.457 e. The molecule has 3 aromatic rings. The molecule has 0 unspecified atom stereocenters. The zero-order valence-corrected chi connectivity index (χ0v) is 16.8. The van der Waals surface area contributed by atoms with E-state index in [1.165, 1.54) is 12.6 Å². The number of hydrogen-bond acceptors (Lipinski definition) is 3. The molecule has 2 amide bonds.